The summed E-state index contributed by atoms with van der Waals surface area (Å²) in [4.78, 5) is 12.5. The third-order valence-corrected chi connectivity index (χ3v) is 4.42. The number of benzene rings is 2. The van der Waals surface area contributed by atoms with Gasteiger partial charge in [-0.05, 0) is 36.2 Å². The first-order valence-corrected chi connectivity index (χ1v) is 8.58. The lowest BCUT2D eigenvalue weighted by molar-refractivity contribution is 0.252. The van der Waals surface area contributed by atoms with E-state index in [1.807, 2.05) is 61.5 Å². The van der Waals surface area contributed by atoms with E-state index in [-0.39, 0.29) is 6.03 Å². The number of amides is 2. The van der Waals surface area contributed by atoms with Crippen molar-refractivity contribution in [1.82, 2.24) is 5.32 Å². The molecule has 1 atom stereocenters. The summed E-state index contributed by atoms with van der Waals surface area (Å²) in [6, 6.07) is 16.6. The highest BCUT2D eigenvalue weighted by Crippen LogP contribution is 2.15. The molecule has 116 valence electrons. The quantitative estimate of drug-likeness (QED) is 0.856. The lowest BCUT2D eigenvalue weighted by Gasteiger charge is -2.08. The fourth-order valence-corrected chi connectivity index (χ4v) is 3.07. The SMILES string of the molecule is CCCNC(=O)Nc1cccc(C[S@](=O)c2ccccc2)c1. The van der Waals surface area contributed by atoms with Gasteiger partial charge in [0.15, 0.2) is 0 Å². The van der Waals surface area contributed by atoms with Gasteiger partial charge >= 0.3 is 6.03 Å². The zero-order valence-electron chi connectivity index (χ0n) is 12.5. The van der Waals surface area contributed by atoms with Crippen molar-refractivity contribution in [1.29, 1.82) is 0 Å². The van der Waals surface area contributed by atoms with Gasteiger partial charge in [0.25, 0.3) is 0 Å². The van der Waals surface area contributed by atoms with Gasteiger partial charge in [-0.1, -0.05) is 37.3 Å². The highest BCUT2D eigenvalue weighted by molar-refractivity contribution is 7.84. The molecular weight excluding hydrogens is 296 g/mol. The molecule has 2 amide bonds. The van der Waals surface area contributed by atoms with Crippen LogP contribution < -0.4 is 10.6 Å². The van der Waals surface area contributed by atoms with E-state index in [1.54, 1.807) is 0 Å². The number of hydrogen-bond donors (Lipinski definition) is 2. The van der Waals surface area contributed by atoms with Crippen molar-refractivity contribution in [2.24, 2.45) is 0 Å². The van der Waals surface area contributed by atoms with Gasteiger partial charge in [0.1, 0.15) is 0 Å². The van der Waals surface area contributed by atoms with E-state index in [0.717, 1.165) is 16.9 Å². The molecule has 0 spiro atoms. The smallest absolute Gasteiger partial charge is 0.319 e. The molecule has 0 unspecified atom stereocenters. The van der Waals surface area contributed by atoms with Crippen LogP contribution in [0.1, 0.15) is 18.9 Å². The summed E-state index contributed by atoms with van der Waals surface area (Å²) >= 11 is 0. The minimum atomic E-state index is -1.09. The summed E-state index contributed by atoms with van der Waals surface area (Å²) in [6.45, 7) is 2.64. The van der Waals surface area contributed by atoms with Crippen molar-refractivity contribution in [3.63, 3.8) is 0 Å². The Bertz CT molecular complexity index is 644. The molecule has 0 fully saturated rings. The molecule has 0 bridgehead atoms. The van der Waals surface area contributed by atoms with Crippen LogP contribution in [-0.4, -0.2) is 16.8 Å². The Balaban J connectivity index is 1.99. The fourth-order valence-electron chi connectivity index (χ4n) is 1.96. The number of anilines is 1. The van der Waals surface area contributed by atoms with E-state index < -0.39 is 10.8 Å². The van der Waals surface area contributed by atoms with Gasteiger partial charge in [0.05, 0.1) is 16.6 Å². The van der Waals surface area contributed by atoms with Gasteiger partial charge < -0.3 is 10.6 Å². The van der Waals surface area contributed by atoms with E-state index >= 15 is 0 Å². The van der Waals surface area contributed by atoms with Crippen molar-refractivity contribution in [3.05, 3.63) is 60.2 Å². The standard InChI is InChI=1S/C17H20N2O2S/c1-2-11-18-17(20)19-15-8-6-7-14(12-15)13-22(21)16-9-4-3-5-10-16/h3-10,12H,2,11,13H2,1H3,(H2,18,19,20)/t22-/m0/s1. The van der Waals surface area contributed by atoms with E-state index in [1.165, 1.54) is 0 Å². The number of nitrogens with one attached hydrogen (secondary N) is 2. The molecule has 0 aliphatic rings. The van der Waals surface area contributed by atoms with Gasteiger partial charge in [-0.25, -0.2) is 4.79 Å². The molecule has 5 heteroatoms. The van der Waals surface area contributed by atoms with E-state index in [9.17, 15) is 9.00 Å². The molecule has 0 radical (unpaired) electrons. The zero-order chi connectivity index (χ0) is 15.8. The molecule has 2 N–H and O–H groups in total. The number of carbonyl (C=O) groups is 1. The fraction of sp³-hybridized carbons (Fsp3) is 0.235. The van der Waals surface area contributed by atoms with Crippen molar-refractivity contribution < 1.29 is 9.00 Å². The van der Waals surface area contributed by atoms with Crippen LogP contribution in [0.15, 0.2) is 59.5 Å². The maximum Gasteiger partial charge on any atom is 0.319 e. The first kappa shape index (κ1) is 16.2. The first-order chi connectivity index (χ1) is 10.7. The van der Waals surface area contributed by atoms with Gasteiger partial charge in [-0.15, -0.1) is 0 Å². The Labute approximate surface area is 133 Å². The predicted molar refractivity (Wildman–Crippen MR) is 90.3 cm³/mol. The molecular formula is C17H20N2O2S. The van der Waals surface area contributed by atoms with Crippen molar-refractivity contribution >= 4 is 22.5 Å². The average molecular weight is 316 g/mol. The highest BCUT2D eigenvalue weighted by Gasteiger charge is 2.06. The third-order valence-electron chi connectivity index (χ3n) is 3.02. The number of hydrogen-bond acceptors (Lipinski definition) is 2. The van der Waals surface area contributed by atoms with Gasteiger partial charge in [0.2, 0.25) is 0 Å². The Hall–Kier alpha value is -2.14. The molecule has 0 aromatic heterocycles. The van der Waals surface area contributed by atoms with E-state index in [0.29, 0.717) is 18.0 Å². The molecule has 2 aromatic carbocycles. The zero-order valence-corrected chi connectivity index (χ0v) is 13.4. The first-order valence-electron chi connectivity index (χ1n) is 7.26. The summed E-state index contributed by atoms with van der Waals surface area (Å²) in [5.41, 5.74) is 1.63. The predicted octanol–water partition coefficient (Wildman–Crippen LogP) is 3.53. The highest BCUT2D eigenvalue weighted by atomic mass is 32.2. The summed E-state index contributed by atoms with van der Waals surface area (Å²) in [7, 11) is -1.09. The van der Waals surface area contributed by atoms with Crippen LogP contribution in [0.5, 0.6) is 0 Å². The second-order valence-corrected chi connectivity index (χ2v) is 6.34. The van der Waals surface area contributed by atoms with Crippen LogP contribution >= 0.6 is 0 Å². The molecule has 4 nitrogen and oxygen atoms in total. The van der Waals surface area contributed by atoms with Crippen LogP contribution in [0.2, 0.25) is 0 Å². The van der Waals surface area contributed by atoms with E-state index in [2.05, 4.69) is 10.6 Å². The summed E-state index contributed by atoms with van der Waals surface area (Å²) in [5.74, 6) is 0.427. The minimum absolute atomic E-state index is 0.219. The van der Waals surface area contributed by atoms with Crippen LogP contribution in [0.3, 0.4) is 0 Å². The monoisotopic (exact) mass is 316 g/mol. The topological polar surface area (TPSA) is 58.2 Å². The lowest BCUT2D eigenvalue weighted by atomic mass is 10.2. The minimum Gasteiger partial charge on any atom is -0.338 e. The summed E-state index contributed by atoms with van der Waals surface area (Å²) in [6.07, 6.45) is 0.892. The average Bonchev–Trinajstić information content (AvgIpc) is 2.54. The number of urea groups is 1. The van der Waals surface area contributed by atoms with Gasteiger partial charge in [0, 0.05) is 17.1 Å². The Morgan fingerprint density at radius 2 is 1.86 bits per heavy atom. The molecule has 2 rings (SSSR count). The molecule has 0 aliphatic heterocycles. The molecule has 2 aromatic rings. The second kappa shape index (κ2) is 8.34. The molecule has 0 heterocycles. The van der Waals surface area contributed by atoms with Crippen molar-refractivity contribution in [2.45, 2.75) is 24.0 Å². The molecule has 0 saturated heterocycles. The third kappa shape index (κ3) is 5.00. The number of carbonyl (C=O) groups excluding carboxylic acids is 1. The number of rotatable bonds is 6. The molecule has 0 saturated carbocycles. The lowest BCUT2D eigenvalue weighted by Crippen LogP contribution is -2.29. The Morgan fingerprint density at radius 1 is 1.09 bits per heavy atom. The molecule has 0 aliphatic carbocycles. The van der Waals surface area contributed by atoms with Crippen molar-refractivity contribution in [2.75, 3.05) is 11.9 Å². The van der Waals surface area contributed by atoms with Crippen LogP contribution in [0.25, 0.3) is 0 Å². The summed E-state index contributed by atoms with van der Waals surface area (Å²) in [5, 5.41) is 5.54. The second-order valence-electron chi connectivity index (χ2n) is 4.88. The largest absolute Gasteiger partial charge is 0.338 e. The van der Waals surface area contributed by atoms with Crippen LogP contribution in [-0.2, 0) is 16.6 Å². The summed E-state index contributed by atoms with van der Waals surface area (Å²) < 4.78 is 12.3. The van der Waals surface area contributed by atoms with Crippen molar-refractivity contribution in [3.8, 4) is 0 Å². The maximum absolute atomic E-state index is 12.3. The molecule has 22 heavy (non-hydrogen) atoms. The maximum atomic E-state index is 12.3. The van der Waals surface area contributed by atoms with Gasteiger partial charge in [-0.3, -0.25) is 4.21 Å². The van der Waals surface area contributed by atoms with Crippen LogP contribution in [0, 0.1) is 0 Å². The Morgan fingerprint density at radius 3 is 2.59 bits per heavy atom. The van der Waals surface area contributed by atoms with Crippen LogP contribution in [0.4, 0.5) is 10.5 Å². The normalized spacial score (nSPS) is 11.7. The van der Waals surface area contributed by atoms with Gasteiger partial charge in [-0.2, -0.15) is 0 Å². The Kier molecular flexibility index (Phi) is 6.15. The van der Waals surface area contributed by atoms with E-state index in [4.69, 9.17) is 0 Å².